The Morgan fingerprint density at radius 1 is 1.21 bits per heavy atom. The van der Waals surface area contributed by atoms with Crippen molar-refractivity contribution in [3.05, 3.63) is 35.9 Å². The van der Waals surface area contributed by atoms with Crippen LogP contribution >= 0.6 is 0 Å². The van der Waals surface area contributed by atoms with Gasteiger partial charge < -0.3 is 14.8 Å². The summed E-state index contributed by atoms with van der Waals surface area (Å²) in [6.45, 7) is 6.14. The summed E-state index contributed by atoms with van der Waals surface area (Å²) in [6, 6.07) is 10.1. The van der Waals surface area contributed by atoms with Gasteiger partial charge in [-0.25, -0.2) is 0 Å². The van der Waals surface area contributed by atoms with Crippen LogP contribution in [-0.2, 0) is 9.47 Å². The van der Waals surface area contributed by atoms with Crippen LogP contribution in [0.3, 0.4) is 0 Å². The molecule has 3 aliphatic heterocycles. The molecular weight excluding hydrogens is 304 g/mol. The van der Waals surface area contributed by atoms with Gasteiger partial charge >= 0.3 is 0 Å². The van der Waals surface area contributed by atoms with Crippen molar-refractivity contribution in [1.82, 2.24) is 10.2 Å². The molecule has 1 aromatic rings. The van der Waals surface area contributed by atoms with Gasteiger partial charge in [0.25, 0.3) is 5.91 Å². The molecule has 0 spiro atoms. The number of fused-ring (bicyclic) bond motifs is 1. The summed E-state index contributed by atoms with van der Waals surface area (Å²) in [7, 11) is 0. The Balaban J connectivity index is 1.40. The predicted octanol–water partition coefficient (Wildman–Crippen LogP) is 1.54. The first kappa shape index (κ1) is 16.1. The van der Waals surface area contributed by atoms with Crippen LogP contribution in [0.15, 0.2) is 30.3 Å². The van der Waals surface area contributed by atoms with Gasteiger partial charge in [-0.2, -0.15) is 0 Å². The number of nitrogens with zero attached hydrogens (tertiary/aromatic N) is 1. The molecular formula is C19H26N2O3. The number of hydrogen-bond acceptors (Lipinski definition) is 4. The third kappa shape index (κ3) is 3.08. The zero-order chi connectivity index (χ0) is 16.4. The normalized spacial score (nSPS) is 31.1. The Labute approximate surface area is 143 Å². The van der Waals surface area contributed by atoms with Gasteiger partial charge in [-0.1, -0.05) is 18.2 Å². The molecule has 1 N–H and O–H groups in total. The number of carbonyl (C=O) groups is 1. The number of nitrogens with one attached hydrogen (secondary N) is 1. The van der Waals surface area contributed by atoms with Crippen LogP contribution in [0.2, 0.25) is 0 Å². The fraction of sp³-hybridized carbons (Fsp3) is 0.632. The molecule has 4 rings (SSSR count). The Hall–Kier alpha value is -1.43. The van der Waals surface area contributed by atoms with E-state index in [9.17, 15) is 4.79 Å². The van der Waals surface area contributed by atoms with Gasteiger partial charge in [-0.3, -0.25) is 9.69 Å². The molecule has 130 valence electrons. The lowest BCUT2D eigenvalue weighted by Gasteiger charge is -2.33. The number of benzene rings is 1. The molecule has 0 unspecified atom stereocenters. The van der Waals surface area contributed by atoms with Crippen LogP contribution in [0, 0.1) is 11.3 Å². The molecule has 0 bridgehead atoms. The van der Waals surface area contributed by atoms with Crippen molar-refractivity contribution in [1.29, 1.82) is 0 Å². The van der Waals surface area contributed by atoms with E-state index in [0.717, 1.165) is 57.9 Å². The minimum Gasteiger partial charge on any atom is -0.381 e. The number of likely N-dealkylation sites (tertiary alicyclic amines) is 1. The van der Waals surface area contributed by atoms with Crippen LogP contribution in [0.4, 0.5) is 0 Å². The van der Waals surface area contributed by atoms with E-state index in [4.69, 9.17) is 9.47 Å². The molecule has 2 atom stereocenters. The highest BCUT2D eigenvalue weighted by molar-refractivity contribution is 5.94. The van der Waals surface area contributed by atoms with Crippen molar-refractivity contribution in [3.8, 4) is 0 Å². The largest absolute Gasteiger partial charge is 0.381 e. The standard InChI is InChI=1S/C19H26N2O3/c22-18(15-4-2-1-3-5-15)20-12-19-13-21(10-16(19)11-24-14-19)17-6-8-23-9-7-17/h1-5,16-17H,6-14H2,(H,20,22)/t16-,19+/m1/s1. The summed E-state index contributed by atoms with van der Waals surface area (Å²) in [6.07, 6.45) is 2.25. The van der Waals surface area contributed by atoms with Gasteiger partial charge in [-0.15, -0.1) is 0 Å². The Kier molecular flexibility index (Phi) is 4.57. The Morgan fingerprint density at radius 3 is 2.79 bits per heavy atom. The predicted molar refractivity (Wildman–Crippen MR) is 90.9 cm³/mol. The Bertz CT molecular complexity index is 573. The van der Waals surface area contributed by atoms with Gasteiger partial charge in [0.15, 0.2) is 0 Å². The lowest BCUT2D eigenvalue weighted by Crippen LogP contribution is -2.45. The topological polar surface area (TPSA) is 50.8 Å². The molecule has 3 aliphatic rings. The fourth-order valence-corrected chi connectivity index (χ4v) is 4.40. The lowest BCUT2D eigenvalue weighted by molar-refractivity contribution is 0.0306. The summed E-state index contributed by atoms with van der Waals surface area (Å²) in [5, 5.41) is 3.16. The van der Waals surface area contributed by atoms with E-state index in [1.165, 1.54) is 0 Å². The average molecular weight is 330 g/mol. The zero-order valence-corrected chi connectivity index (χ0v) is 14.1. The number of carbonyl (C=O) groups excluding carboxylic acids is 1. The first-order valence-electron chi connectivity index (χ1n) is 9.00. The first-order valence-corrected chi connectivity index (χ1v) is 9.00. The summed E-state index contributed by atoms with van der Waals surface area (Å²) >= 11 is 0. The average Bonchev–Trinajstić information content (AvgIpc) is 3.18. The fourth-order valence-electron chi connectivity index (χ4n) is 4.40. The molecule has 0 aromatic heterocycles. The van der Waals surface area contributed by atoms with E-state index in [-0.39, 0.29) is 11.3 Å². The van der Waals surface area contributed by atoms with E-state index in [2.05, 4.69) is 10.2 Å². The summed E-state index contributed by atoms with van der Waals surface area (Å²) in [5.41, 5.74) is 0.798. The molecule has 3 fully saturated rings. The van der Waals surface area contributed by atoms with E-state index in [1.54, 1.807) is 0 Å². The summed E-state index contributed by atoms with van der Waals surface area (Å²) in [4.78, 5) is 15.0. The van der Waals surface area contributed by atoms with Crippen molar-refractivity contribution < 1.29 is 14.3 Å². The van der Waals surface area contributed by atoms with Gasteiger partial charge in [-0.05, 0) is 25.0 Å². The molecule has 0 aliphatic carbocycles. The van der Waals surface area contributed by atoms with E-state index in [0.29, 0.717) is 18.5 Å². The van der Waals surface area contributed by atoms with Gasteiger partial charge in [0, 0.05) is 55.8 Å². The maximum Gasteiger partial charge on any atom is 0.251 e. The smallest absolute Gasteiger partial charge is 0.251 e. The molecule has 5 heteroatoms. The maximum atomic E-state index is 12.4. The molecule has 1 aromatic carbocycles. The van der Waals surface area contributed by atoms with Gasteiger partial charge in [0.2, 0.25) is 0 Å². The van der Waals surface area contributed by atoms with Crippen molar-refractivity contribution in [2.75, 3.05) is 46.1 Å². The quantitative estimate of drug-likeness (QED) is 0.910. The van der Waals surface area contributed by atoms with Crippen LogP contribution in [-0.4, -0.2) is 62.9 Å². The second-order valence-corrected chi connectivity index (χ2v) is 7.40. The molecule has 3 heterocycles. The number of rotatable bonds is 4. The highest BCUT2D eigenvalue weighted by atomic mass is 16.5. The van der Waals surface area contributed by atoms with Gasteiger partial charge in [0.1, 0.15) is 0 Å². The second kappa shape index (κ2) is 6.82. The Morgan fingerprint density at radius 2 is 2.00 bits per heavy atom. The molecule has 5 nitrogen and oxygen atoms in total. The minimum atomic E-state index is 0.0140. The summed E-state index contributed by atoms with van der Waals surface area (Å²) in [5.74, 6) is 0.538. The highest BCUT2D eigenvalue weighted by Gasteiger charge is 2.51. The second-order valence-electron chi connectivity index (χ2n) is 7.40. The van der Waals surface area contributed by atoms with Crippen LogP contribution < -0.4 is 5.32 Å². The summed E-state index contributed by atoms with van der Waals surface area (Å²) < 4.78 is 11.3. The molecule has 0 radical (unpaired) electrons. The van der Waals surface area contributed by atoms with Crippen molar-refractivity contribution in [2.45, 2.75) is 18.9 Å². The molecule has 3 saturated heterocycles. The highest BCUT2D eigenvalue weighted by Crippen LogP contribution is 2.42. The van der Waals surface area contributed by atoms with Gasteiger partial charge in [0.05, 0.1) is 13.2 Å². The van der Waals surface area contributed by atoms with Crippen LogP contribution in [0.5, 0.6) is 0 Å². The molecule has 1 amide bonds. The van der Waals surface area contributed by atoms with E-state index < -0.39 is 0 Å². The third-order valence-electron chi connectivity index (χ3n) is 5.89. The van der Waals surface area contributed by atoms with Crippen LogP contribution in [0.25, 0.3) is 0 Å². The van der Waals surface area contributed by atoms with Crippen molar-refractivity contribution in [3.63, 3.8) is 0 Å². The third-order valence-corrected chi connectivity index (χ3v) is 5.89. The van der Waals surface area contributed by atoms with Crippen LogP contribution in [0.1, 0.15) is 23.2 Å². The van der Waals surface area contributed by atoms with E-state index in [1.807, 2.05) is 30.3 Å². The number of amides is 1. The first-order chi connectivity index (χ1) is 11.8. The van der Waals surface area contributed by atoms with E-state index >= 15 is 0 Å². The SMILES string of the molecule is O=C(NC[C@]12COC[C@H]1CN(C1CCOCC1)C2)c1ccccc1. The van der Waals surface area contributed by atoms with Crippen molar-refractivity contribution in [2.24, 2.45) is 11.3 Å². The number of ether oxygens (including phenoxy) is 2. The monoisotopic (exact) mass is 330 g/mol. The minimum absolute atomic E-state index is 0.0140. The number of hydrogen-bond donors (Lipinski definition) is 1. The molecule has 0 saturated carbocycles. The molecule has 24 heavy (non-hydrogen) atoms. The van der Waals surface area contributed by atoms with Crippen molar-refractivity contribution >= 4 is 5.91 Å². The zero-order valence-electron chi connectivity index (χ0n) is 14.1. The maximum absolute atomic E-state index is 12.4. The lowest BCUT2D eigenvalue weighted by atomic mass is 9.81.